The monoisotopic (exact) mass is 297 g/mol. The molecule has 0 spiro atoms. The fourth-order valence-electron chi connectivity index (χ4n) is 2.59. The largest absolute Gasteiger partial charge is 0.370 e. The Labute approximate surface area is 128 Å². The van der Waals surface area contributed by atoms with Crippen LogP contribution in [0.2, 0.25) is 0 Å². The van der Waals surface area contributed by atoms with Crippen molar-refractivity contribution in [1.82, 2.24) is 4.98 Å². The van der Waals surface area contributed by atoms with Gasteiger partial charge in [0.05, 0.1) is 6.61 Å². The SMILES string of the molecule is Cc1ccc(N2CCOC(c3ccccc3F)C2)nc1C#N. The second kappa shape index (κ2) is 6.12. The first-order valence-corrected chi connectivity index (χ1v) is 7.18. The third kappa shape index (κ3) is 2.78. The summed E-state index contributed by atoms with van der Waals surface area (Å²) in [5, 5.41) is 9.10. The molecule has 1 aromatic heterocycles. The maximum absolute atomic E-state index is 13.9. The van der Waals surface area contributed by atoms with Crippen LogP contribution in [-0.4, -0.2) is 24.7 Å². The molecule has 3 rings (SSSR count). The molecular formula is C17H16FN3O. The molecule has 0 radical (unpaired) electrons. The number of aromatic nitrogens is 1. The van der Waals surface area contributed by atoms with E-state index < -0.39 is 0 Å². The van der Waals surface area contributed by atoms with E-state index in [1.807, 2.05) is 24.0 Å². The van der Waals surface area contributed by atoms with Gasteiger partial charge in [-0.25, -0.2) is 9.37 Å². The molecule has 0 amide bonds. The molecule has 5 heteroatoms. The van der Waals surface area contributed by atoms with E-state index in [4.69, 9.17) is 10.00 Å². The van der Waals surface area contributed by atoms with Crippen LogP contribution >= 0.6 is 0 Å². The Kier molecular flexibility index (Phi) is 4.03. The van der Waals surface area contributed by atoms with E-state index in [-0.39, 0.29) is 11.9 Å². The number of nitrogens with zero attached hydrogens (tertiary/aromatic N) is 3. The summed E-state index contributed by atoms with van der Waals surface area (Å²) >= 11 is 0. The fraction of sp³-hybridized carbons (Fsp3) is 0.294. The van der Waals surface area contributed by atoms with E-state index in [0.717, 1.165) is 11.4 Å². The number of ether oxygens (including phenoxy) is 1. The molecule has 1 unspecified atom stereocenters. The van der Waals surface area contributed by atoms with Gasteiger partial charge in [-0.2, -0.15) is 5.26 Å². The Balaban J connectivity index is 1.85. The molecule has 1 aliphatic heterocycles. The third-order valence-corrected chi connectivity index (χ3v) is 3.83. The molecule has 0 aliphatic carbocycles. The van der Waals surface area contributed by atoms with E-state index in [2.05, 4.69) is 11.1 Å². The Bertz CT molecular complexity index is 726. The molecule has 22 heavy (non-hydrogen) atoms. The lowest BCUT2D eigenvalue weighted by molar-refractivity contribution is 0.0372. The van der Waals surface area contributed by atoms with Crippen molar-refractivity contribution in [3.05, 3.63) is 59.0 Å². The van der Waals surface area contributed by atoms with Crippen LogP contribution in [0.3, 0.4) is 0 Å². The van der Waals surface area contributed by atoms with Crippen LogP contribution in [-0.2, 0) is 4.74 Å². The Morgan fingerprint density at radius 2 is 2.14 bits per heavy atom. The number of nitriles is 1. The molecular weight excluding hydrogens is 281 g/mol. The van der Waals surface area contributed by atoms with Gasteiger partial charge in [0, 0.05) is 18.7 Å². The number of hydrogen-bond acceptors (Lipinski definition) is 4. The maximum Gasteiger partial charge on any atom is 0.145 e. The van der Waals surface area contributed by atoms with E-state index in [9.17, 15) is 4.39 Å². The lowest BCUT2D eigenvalue weighted by atomic mass is 10.1. The summed E-state index contributed by atoms with van der Waals surface area (Å²) in [6.07, 6.45) is -0.330. The van der Waals surface area contributed by atoms with Crippen LogP contribution in [0.4, 0.5) is 10.2 Å². The number of halogens is 1. The molecule has 1 aromatic carbocycles. The van der Waals surface area contributed by atoms with E-state index in [1.54, 1.807) is 18.2 Å². The number of morpholine rings is 1. The van der Waals surface area contributed by atoms with Crippen molar-refractivity contribution in [1.29, 1.82) is 5.26 Å². The average Bonchev–Trinajstić information content (AvgIpc) is 2.56. The highest BCUT2D eigenvalue weighted by Gasteiger charge is 2.25. The predicted molar refractivity (Wildman–Crippen MR) is 81.0 cm³/mol. The lowest BCUT2D eigenvalue weighted by Crippen LogP contribution is -2.39. The van der Waals surface area contributed by atoms with E-state index >= 15 is 0 Å². The van der Waals surface area contributed by atoms with Crippen LogP contribution in [0, 0.1) is 24.1 Å². The minimum absolute atomic E-state index is 0.260. The van der Waals surface area contributed by atoms with Crippen LogP contribution in [0.25, 0.3) is 0 Å². The lowest BCUT2D eigenvalue weighted by Gasteiger charge is -2.34. The van der Waals surface area contributed by atoms with Crippen LogP contribution in [0.1, 0.15) is 22.9 Å². The molecule has 1 aliphatic rings. The number of benzene rings is 1. The first-order valence-electron chi connectivity index (χ1n) is 7.18. The first-order chi connectivity index (χ1) is 10.7. The van der Waals surface area contributed by atoms with Gasteiger partial charge >= 0.3 is 0 Å². The molecule has 1 fully saturated rings. The van der Waals surface area contributed by atoms with Gasteiger partial charge in [0.25, 0.3) is 0 Å². The Hall–Kier alpha value is -2.45. The summed E-state index contributed by atoms with van der Waals surface area (Å²) in [5.41, 5.74) is 1.83. The van der Waals surface area contributed by atoms with Gasteiger partial charge in [-0.05, 0) is 24.6 Å². The highest BCUT2D eigenvalue weighted by Crippen LogP contribution is 2.27. The first kappa shape index (κ1) is 14.5. The van der Waals surface area contributed by atoms with Crippen molar-refractivity contribution >= 4 is 5.82 Å². The van der Waals surface area contributed by atoms with Gasteiger partial charge in [-0.15, -0.1) is 0 Å². The third-order valence-electron chi connectivity index (χ3n) is 3.83. The van der Waals surface area contributed by atoms with E-state index in [1.165, 1.54) is 6.07 Å². The quantitative estimate of drug-likeness (QED) is 0.855. The number of rotatable bonds is 2. The Morgan fingerprint density at radius 1 is 1.32 bits per heavy atom. The fourth-order valence-corrected chi connectivity index (χ4v) is 2.59. The smallest absolute Gasteiger partial charge is 0.145 e. The van der Waals surface area contributed by atoms with Gasteiger partial charge in [-0.3, -0.25) is 0 Å². The van der Waals surface area contributed by atoms with Crippen LogP contribution in [0.15, 0.2) is 36.4 Å². The number of pyridine rings is 1. The molecule has 1 saturated heterocycles. The summed E-state index contributed by atoms with van der Waals surface area (Å²) in [6.45, 7) is 3.54. The number of hydrogen-bond donors (Lipinski definition) is 0. The zero-order valence-electron chi connectivity index (χ0n) is 12.3. The molecule has 2 aromatic rings. The molecule has 112 valence electrons. The van der Waals surface area contributed by atoms with Crippen LogP contribution < -0.4 is 4.90 Å². The van der Waals surface area contributed by atoms with Crippen molar-refractivity contribution in [3.63, 3.8) is 0 Å². The minimum Gasteiger partial charge on any atom is -0.370 e. The van der Waals surface area contributed by atoms with Crippen LogP contribution in [0.5, 0.6) is 0 Å². The summed E-state index contributed by atoms with van der Waals surface area (Å²) < 4.78 is 19.6. The summed E-state index contributed by atoms with van der Waals surface area (Å²) in [7, 11) is 0. The molecule has 4 nitrogen and oxygen atoms in total. The zero-order valence-corrected chi connectivity index (χ0v) is 12.3. The normalized spacial score (nSPS) is 18.0. The molecule has 2 heterocycles. The summed E-state index contributed by atoms with van der Waals surface area (Å²) in [5.74, 6) is 0.468. The molecule has 0 N–H and O–H groups in total. The van der Waals surface area contributed by atoms with Crippen molar-refractivity contribution in [2.75, 3.05) is 24.6 Å². The van der Waals surface area contributed by atoms with Gasteiger partial charge in [-0.1, -0.05) is 24.3 Å². The topological polar surface area (TPSA) is 49.1 Å². The minimum atomic E-state index is -0.330. The highest BCUT2D eigenvalue weighted by molar-refractivity contribution is 5.45. The summed E-state index contributed by atoms with van der Waals surface area (Å²) in [6, 6.07) is 12.5. The zero-order chi connectivity index (χ0) is 15.5. The van der Waals surface area contributed by atoms with Gasteiger partial charge in [0.15, 0.2) is 0 Å². The standard InChI is InChI=1S/C17H16FN3O/c1-12-6-7-17(20-15(12)10-19)21-8-9-22-16(11-21)13-4-2-3-5-14(13)18/h2-7,16H,8-9,11H2,1H3. The predicted octanol–water partition coefficient (Wildman–Crippen LogP) is 2.98. The molecule has 0 saturated carbocycles. The number of anilines is 1. The van der Waals surface area contributed by atoms with Crippen molar-refractivity contribution < 1.29 is 9.13 Å². The average molecular weight is 297 g/mol. The summed E-state index contributed by atoms with van der Waals surface area (Å²) in [4.78, 5) is 6.41. The van der Waals surface area contributed by atoms with Crippen molar-refractivity contribution in [3.8, 4) is 6.07 Å². The second-order valence-electron chi connectivity index (χ2n) is 5.27. The van der Waals surface area contributed by atoms with Crippen molar-refractivity contribution in [2.24, 2.45) is 0 Å². The maximum atomic E-state index is 13.9. The molecule has 0 bridgehead atoms. The van der Waals surface area contributed by atoms with Gasteiger partial charge in [0.2, 0.25) is 0 Å². The second-order valence-corrected chi connectivity index (χ2v) is 5.27. The van der Waals surface area contributed by atoms with E-state index in [0.29, 0.717) is 31.0 Å². The number of aryl methyl sites for hydroxylation is 1. The van der Waals surface area contributed by atoms with Crippen molar-refractivity contribution in [2.45, 2.75) is 13.0 Å². The van der Waals surface area contributed by atoms with Gasteiger partial charge < -0.3 is 9.64 Å². The highest BCUT2D eigenvalue weighted by atomic mass is 19.1. The Morgan fingerprint density at radius 3 is 2.91 bits per heavy atom. The van der Waals surface area contributed by atoms with Gasteiger partial charge in [0.1, 0.15) is 29.5 Å². The molecule has 1 atom stereocenters.